The Morgan fingerprint density at radius 3 is 2.38 bits per heavy atom. The van der Waals surface area contributed by atoms with Crippen LogP contribution in [0.15, 0.2) is 18.2 Å². The van der Waals surface area contributed by atoms with Gasteiger partial charge in [0.05, 0.1) is 26.4 Å². The fourth-order valence-corrected chi connectivity index (χ4v) is 2.73. The van der Waals surface area contributed by atoms with E-state index in [2.05, 4.69) is 24.1 Å². The number of morpholine rings is 1. The van der Waals surface area contributed by atoms with E-state index in [0.717, 1.165) is 18.8 Å². The number of thiocarbonyl (C=S) groups is 1. The van der Waals surface area contributed by atoms with E-state index in [1.807, 2.05) is 18.2 Å². The summed E-state index contributed by atoms with van der Waals surface area (Å²) in [5.74, 6) is 1.37. The van der Waals surface area contributed by atoms with Crippen LogP contribution in [0.2, 0.25) is 0 Å². The molecule has 0 radical (unpaired) electrons. The summed E-state index contributed by atoms with van der Waals surface area (Å²) in [5.41, 5.74) is 0.879. The SMILES string of the molecule is COc1ccc(NC(=S)N2CC(C)OC(C)C2)cc1OC. The molecular weight excluding hydrogens is 288 g/mol. The number of hydrogen-bond acceptors (Lipinski definition) is 4. The van der Waals surface area contributed by atoms with Gasteiger partial charge >= 0.3 is 0 Å². The molecule has 0 aromatic heterocycles. The standard InChI is InChI=1S/C15H22N2O3S/c1-10-8-17(9-11(2)20-10)15(21)16-12-5-6-13(18-3)14(7-12)19-4/h5-7,10-11H,8-9H2,1-4H3,(H,16,21). The fourth-order valence-electron chi connectivity index (χ4n) is 2.46. The lowest BCUT2D eigenvalue weighted by Gasteiger charge is -2.36. The molecule has 1 heterocycles. The Balaban J connectivity index is 2.05. The van der Waals surface area contributed by atoms with E-state index in [0.29, 0.717) is 16.6 Å². The number of nitrogens with zero attached hydrogens (tertiary/aromatic N) is 1. The van der Waals surface area contributed by atoms with Crippen molar-refractivity contribution >= 4 is 23.0 Å². The van der Waals surface area contributed by atoms with E-state index < -0.39 is 0 Å². The molecule has 0 aliphatic carbocycles. The van der Waals surface area contributed by atoms with Gasteiger partial charge in [0.2, 0.25) is 0 Å². The van der Waals surface area contributed by atoms with Crippen LogP contribution in [0.5, 0.6) is 11.5 Å². The molecule has 1 aromatic carbocycles. The Labute approximate surface area is 131 Å². The summed E-state index contributed by atoms with van der Waals surface area (Å²) in [5, 5.41) is 3.94. The summed E-state index contributed by atoms with van der Waals surface area (Å²) < 4.78 is 16.2. The number of nitrogens with one attached hydrogen (secondary N) is 1. The molecule has 116 valence electrons. The van der Waals surface area contributed by atoms with Gasteiger partial charge in [0, 0.05) is 24.8 Å². The number of anilines is 1. The number of ether oxygens (including phenoxy) is 3. The lowest BCUT2D eigenvalue weighted by atomic mass is 10.2. The van der Waals surface area contributed by atoms with Crippen molar-refractivity contribution < 1.29 is 14.2 Å². The molecule has 21 heavy (non-hydrogen) atoms. The van der Waals surface area contributed by atoms with Gasteiger partial charge in [-0.3, -0.25) is 0 Å². The highest BCUT2D eigenvalue weighted by atomic mass is 32.1. The monoisotopic (exact) mass is 310 g/mol. The van der Waals surface area contributed by atoms with Crippen LogP contribution in [0, 0.1) is 0 Å². The van der Waals surface area contributed by atoms with E-state index >= 15 is 0 Å². The minimum Gasteiger partial charge on any atom is -0.493 e. The third-order valence-electron chi connectivity index (χ3n) is 3.34. The molecule has 0 saturated carbocycles. The van der Waals surface area contributed by atoms with Gasteiger partial charge in [-0.1, -0.05) is 0 Å². The minimum absolute atomic E-state index is 0.180. The predicted molar refractivity (Wildman–Crippen MR) is 87.3 cm³/mol. The minimum atomic E-state index is 0.180. The van der Waals surface area contributed by atoms with Crippen molar-refractivity contribution in [3.05, 3.63) is 18.2 Å². The quantitative estimate of drug-likeness (QED) is 0.865. The van der Waals surface area contributed by atoms with Crippen molar-refractivity contribution in [1.29, 1.82) is 0 Å². The first-order chi connectivity index (χ1) is 10.0. The third kappa shape index (κ3) is 3.98. The maximum absolute atomic E-state index is 5.72. The first-order valence-corrected chi connectivity index (χ1v) is 7.37. The largest absolute Gasteiger partial charge is 0.493 e. The van der Waals surface area contributed by atoms with E-state index in [1.54, 1.807) is 14.2 Å². The van der Waals surface area contributed by atoms with Crippen molar-refractivity contribution in [1.82, 2.24) is 4.90 Å². The molecule has 5 nitrogen and oxygen atoms in total. The van der Waals surface area contributed by atoms with Gasteiger partial charge in [0.25, 0.3) is 0 Å². The van der Waals surface area contributed by atoms with Crippen molar-refractivity contribution in [3.63, 3.8) is 0 Å². The summed E-state index contributed by atoms with van der Waals surface area (Å²) in [7, 11) is 3.23. The fraction of sp³-hybridized carbons (Fsp3) is 0.533. The zero-order valence-electron chi connectivity index (χ0n) is 12.9. The highest BCUT2D eigenvalue weighted by molar-refractivity contribution is 7.80. The van der Waals surface area contributed by atoms with Crippen molar-refractivity contribution in [2.75, 3.05) is 32.6 Å². The molecule has 2 rings (SSSR count). The van der Waals surface area contributed by atoms with Gasteiger partial charge in [-0.25, -0.2) is 0 Å². The average molecular weight is 310 g/mol. The van der Waals surface area contributed by atoms with Crippen LogP contribution in [-0.2, 0) is 4.74 Å². The first kappa shape index (κ1) is 15.9. The normalized spacial score (nSPS) is 21.8. The van der Waals surface area contributed by atoms with E-state index in [9.17, 15) is 0 Å². The molecule has 1 aliphatic heterocycles. The molecule has 1 N–H and O–H groups in total. The molecule has 2 unspecified atom stereocenters. The van der Waals surface area contributed by atoms with Crippen LogP contribution >= 0.6 is 12.2 Å². The summed E-state index contributed by atoms with van der Waals surface area (Å²) in [4.78, 5) is 2.13. The summed E-state index contributed by atoms with van der Waals surface area (Å²) in [6.45, 7) is 5.70. The molecule has 0 spiro atoms. The number of benzene rings is 1. The Morgan fingerprint density at radius 2 is 1.81 bits per heavy atom. The topological polar surface area (TPSA) is 43.0 Å². The lowest BCUT2D eigenvalue weighted by Crippen LogP contribution is -2.49. The van der Waals surface area contributed by atoms with Crippen LogP contribution in [0.25, 0.3) is 0 Å². The first-order valence-electron chi connectivity index (χ1n) is 6.97. The number of methoxy groups -OCH3 is 2. The van der Waals surface area contributed by atoms with Crippen LogP contribution in [0.4, 0.5) is 5.69 Å². The number of hydrogen-bond donors (Lipinski definition) is 1. The molecule has 1 fully saturated rings. The van der Waals surface area contributed by atoms with E-state index in [-0.39, 0.29) is 12.2 Å². The third-order valence-corrected chi connectivity index (χ3v) is 3.70. The Bertz CT molecular complexity index is 500. The molecule has 2 atom stereocenters. The Kier molecular flexibility index (Phi) is 5.25. The highest BCUT2D eigenvalue weighted by Gasteiger charge is 2.24. The van der Waals surface area contributed by atoms with Crippen molar-refractivity contribution in [3.8, 4) is 11.5 Å². The summed E-state index contributed by atoms with van der Waals surface area (Å²) in [6.07, 6.45) is 0.359. The average Bonchev–Trinajstić information content (AvgIpc) is 2.46. The molecular formula is C15H22N2O3S. The second kappa shape index (κ2) is 6.95. The Hall–Kier alpha value is -1.53. The molecule has 1 aromatic rings. The van der Waals surface area contributed by atoms with Crippen LogP contribution in [-0.4, -0.2) is 49.5 Å². The van der Waals surface area contributed by atoms with Gasteiger partial charge < -0.3 is 24.4 Å². The van der Waals surface area contributed by atoms with Crippen LogP contribution in [0.3, 0.4) is 0 Å². The van der Waals surface area contributed by atoms with Gasteiger partial charge in [0.15, 0.2) is 16.6 Å². The highest BCUT2D eigenvalue weighted by Crippen LogP contribution is 2.30. The van der Waals surface area contributed by atoms with Gasteiger partial charge in [-0.2, -0.15) is 0 Å². The van der Waals surface area contributed by atoms with Crippen LogP contribution < -0.4 is 14.8 Å². The predicted octanol–water partition coefficient (Wildman–Crippen LogP) is 2.51. The maximum atomic E-state index is 5.72. The molecule has 6 heteroatoms. The Morgan fingerprint density at radius 1 is 1.19 bits per heavy atom. The molecule has 1 saturated heterocycles. The summed E-state index contributed by atoms with van der Waals surface area (Å²) in [6, 6.07) is 5.65. The van der Waals surface area contributed by atoms with Crippen molar-refractivity contribution in [2.24, 2.45) is 0 Å². The zero-order chi connectivity index (χ0) is 15.4. The molecule has 0 amide bonds. The second-order valence-electron chi connectivity index (χ2n) is 5.16. The van der Waals surface area contributed by atoms with Gasteiger partial charge in [-0.05, 0) is 38.2 Å². The molecule has 1 aliphatic rings. The lowest BCUT2D eigenvalue weighted by molar-refractivity contribution is -0.0473. The van der Waals surface area contributed by atoms with Gasteiger partial charge in [0.1, 0.15) is 0 Å². The second-order valence-corrected chi connectivity index (χ2v) is 5.55. The van der Waals surface area contributed by atoms with E-state index in [4.69, 9.17) is 26.4 Å². The van der Waals surface area contributed by atoms with E-state index in [1.165, 1.54) is 0 Å². The zero-order valence-corrected chi connectivity index (χ0v) is 13.7. The van der Waals surface area contributed by atoms with Crippen LogP contribution in [0.1, 0.15) is 13.8 Å². The molecule has 0 bridgehead atoms. The number of rotatable bonds is 3. The van der Waals surface area contributed by atoms with Crippen molar-refractivity contribution in [2.45, 2.75) is 26.1 Å². The maximum Gasteiger partial charge on any atom is 0.173 e. The van der Waals surface area contributed by atoms with Gasteiger partial charge in [-0.15, -0.1) is 0 Å². The smallest absolute Gasteiger partial charge is 0.173 e. The summed E-state index contributed by atoms with van der Waals surface area (Å²) >= 11 is 5.49.